The van der Waals surface area contributed by atoms with E-state index < -0.39 is 10.3 Å². The summed E-state index contributed by atoms with van der Waals surface area (Å²) < 4.78 is 0.608. The molecule has 1 fully saturated rings. The summed E-state index contributed by atoms with van der Waals surface area (Å²) in [4.78, 5) is 23.2. The van der Waals surface area contributed by atoms with Crippen molar-refractivity contribution < 1.29 is 9.72 Å². The second kappa shape index (κ2) is 6.53. The van der Waals surface area contributed by atoms with Gasteiger partial charge in [-0.25, -0.2) is 0 Å². The Labute approximate surface area is 131 Å². The highest BCUT2D eigenvalue weighted by Crippen LogP contribution is 2.34. The Morgan fingerprint density at radius 3 is 2.90 bits per heavy atom. The summed E-state index contributed by atoms with van der Waals surface area (Å²) in [5, 5.41) is 17.1. The zero-order valence-electron chi connectivity index (χ0n) is 11.8. The normalized spacial score (nSPS) is 21.8. The number of hydrogen-bond acceptors (Lipinski definition) is 4. The Balaban J connectivity index is 2.24. The van der Waals surface area contributed by atoms with Crippen LogP contribution in [0, 0.1) is 15.5 Å². The lowest BCUT2D eigenvalue weighted by atomic mass is 9.77. The zero-order chi connectivity index (χ0) is 15.5. The first kappa shape index (κ1) is 15.9. The van der Waals surface area contributed by atoms with Crippen LogP contribution in [0.2, 0.25) is 0 Å². The minimum Gasteiger partial charge on any atom is -0.320 e. The Morgan fingerprint density at radius 1 is 1.57 bits per heavy atom. The van der Waals surface area contributed by atoms with E-state index in [-0.39, 0.29) is 17.3 Å². The molecule has 0 radical (unpaired) electrons. The number of carbonyl (C=O) groups excluding carboxylic acids is 1. The highest BCUT2D eigenvalue weighted by molar-refractivity contribution is 9.10. The molecule has 0 spiro atoms. The van der Waals surface area contributed by atoms with E-state index in [4.69, 9.17) is 0 Å². The fourth-order valence-corrected chi connectivity index (χ4v) is 2.99. The third-order valence-corrected chi connectivity index (χ3v) is 4.53. The van der Waals surface area contributed by atoms with Crippen molar-refractivity contribution in [2.45, 2.75) is 26.2 Å². The summed E-state index contributed by atoms with van der Waals surface area (Å²) >= 11 is 3.20. The number of nitro benzene ring substituents is 1. The molecule has 1 unspecified atom stereocenters. The number of nitrogens with one attached hydrogen (secondary N) is 2. The molecule has 1 aliphatic rings. The van der Waals surface area contributed by atoms with Gasteiger partial charge in [0.2, 0.25) is 5.91 Å². The van der Waals surface area contributed by atoms with E-state index in [2.05, 4.69) is 26.6 Å². The molecule has 6 nitrogen and oxygen atoms in total. The fourth-order valence-electron chi connectivity index (χ4n) is 2.64. The topological polar surface area (TPSA) is 84.3 Å². The number of anilines is 1. The van der Waals surface area contributed by atoms with Crippen molar-refractivity contribution in [3.63, 3.8) is 0 Å². The van der Waals surface area contributed by atoms with Crippen LogP contribution < -0.4 is 10.6 Å². The lowest BCUT2D eigenvalue weighted by Crippen LogP contribution is -2.47. The molecular formula is C14H18BrN3O3. The smallest absolute Gasteiger partial charge is 0.293 e. The third kappa shape index (κ3) is 3.41. The minimum atomic E-state index is -0.488. The van der Waals surface area contributed by atoms with Crippen LogP contribution in [-0.4, -0.2) is 23.9 Å². The van der Waals surface area contributed by atoms with Gasteiger partial charge in [0.1, 0.15) is 5.69 Å². The Kier molecular flexibility index (Phi) is 4.95. The second-order valence-corrected chi connectivity index (χ2v) is 6.20. The third-order valence-electron chi connectivity index (χ3n) is 4.04. The molecule has 1 aliphatic heterocycles. The largest absolute Gasteiger partial charge is 0.320 e. The average Bonchev–Trinajstić information content (AvgIpc) is 2.49. The van der Waals surface area contributed by atoms with Gasteiger partial charge in [0.15, 0.2) is 0 Å². The molecule has 0 aromatic heterocycles. The van der Waals surface area contributed by atoms with Crippen LogP contribution in [0.1, 0.15) is 26.2 Å². The molecule has 1 amide bonds. The molecule has 0 saturated carbocycles. The summed E-state index contributed by atoms with van der Waals surface area (Å²) in [7, 11) is 0. The lowest BCUT2D eigenvalue weighted by molar-refractivity contribution is -0.384. The van der Waals surface area contributed by atoms with Gasteiger partial charge in [0.25, 0.3) is 5.69 Å². The van der Waals surface area contributed by atoms with Crippen molar-refractivity contribution in [1.29, 1.82) is 0 Å². The van der Waals surface area contributed by atoms with E-state index in [1.807, 2.05) is 6.92 Å². The molecule has 1 aromatic rings. The molecule has 7 heteroatoms. The van der Waals surface area contributed by atoms with Gasteiger partial charge in [0.05, 0.1) is 10.3 Å². The molecule has 114 valence electrons. The van der Waals surface area contributed by atoms with Crippen LogP contribution in [0.4, 0.5) is 11.4 Å². The maximum atomic E-state index is 12.6. The number of benzene rings is 1. The van der Waals surface area contributed by atoms with Crippen molar-refractivity contribution in [3.8, 4) is 0 Å². The fraction of sp³-hybridized carbons (Fsp3) is 0.500. The number of amides is 1. The first-order valence-electron chi connectivity index (χ1n) is 6.94. The lowest BCUT2D eigenvalue weighted by Gasteiger charge is -2.35. The van der Waals surface area contributed by atoms with Gasteiger partial charge >= 0.3 is 0 Å². The van der Waals surface area contributed by atoms with Gasteiger partial charge in [-0.1, -0.05) is 22.9 Å². The average molecular weight is 356 g/mol. The number of piperidine rings is 1. The first-order chi connectivity index (χ1) is 9.98. The quantitative estimate of drug-likeness (QED) is 0.641. The van der Waals surface area contributed by atoms with Crippen LogP contribution in [0.25, 0.3) is 0 Å². The van der Waals surface area contributed by atoms with Crippen LogP contribution in [-0.2, 0) is 4.79 Å². The van der Waals surface area contributed by atoms with Gasteiger partial charge in [-0.15, -0.1) is 0 Å². The second-order valence-electron chi connectivity index (χ2n) is 5.29. The van der Waals surface area contributed by atoms with Gasteiger partial charge in [-0.05, 0) is 37.9 Å². The van der Waals surface area contributed by atoms with Crippen molar-refractivity contribution in [2.24, 2.45) is 5.41 Å². The van der Waals surface area contributed by atoms with E-state index in [0.29, 0.717) is 17.4 Å². The van der Waals surface area contributed by atoms with Gasteiger partial charge in [-0.2, -0.15) is 0 Å². The summed E-state index contributed by atoms with van der Waals surface area (Å²) in [6.45, 7) is 3.50. The molecule has 21 heavy (non-hydrogen) atoms. The van der Waals surface area contributed by atoms with Crippen LogP contribution >= 0.6 is 15.9 Å². The van der Waals surface area contributed by atoms with Gasteiger partial charge in [-0.3, -0.25) is 14.9 Å². The number of nitro groups is 1. The molecule has 0 bridgehead atoms. The van der Waals surface area contributed by atoms with Gasteiger partial charge < -0.3 is 10.6 Å². The van der Waals surface area contributed by atoms with Gasteiger partial charge in [0, 0.05) is 17.1 Å². The number of carbonyl (C=O) groups is 1. The number of hydrogen-bond donors (Lipinski definition) is 2. The molecule has 0 aliphatic carbocycles. The maximum Gasteiger partial charge on any atom is 0.293 e. The molecule has 1 atom stereocenters. The van der Waals surface area contributed by atoms with Crippen LogP contribution in [0.5, 0.6) is 0 Å². The molecule has 1 aromatic carbocycles. The Morgan fingerprint density at radius 2 is 2.33 bits per heavy atom. The van der Waals surface area contributed by atoms with Crippen LogP contribution in [0.15, 0.2) is 22.7 Å². The first-order valence-corrected chi connectivity index (χ1v) is 7.74. The standard InChI is InChI=1S/C14H18BrN3O3/c1-2-14(6-3-7-16-9-14)13(19)17-11-5-4-10(15)8-12(11)18(20)21/h4-5,8,16H,2-3,6-7,9H2,1H3,(H,17,19). The van der Waals surface area contributed by atoms with Crippen LogP contribution in [0.3, 0.4) is 0 Å². The monoisotopic (exact) mass is 355 g/mol. The van der Waals surface area contributed by atoms with E-state index in [9.17, 15) is 14.9 Å². The Hall–Kier alpha value is -1.47. The summed E-state index contributed by atoms with van der Waals surface area (Å²) in [5.41, 5.74) is -0.349. The highest BCUT2D eigenvalue weighted by Gasteiger charge is 2.38. The predicted octanol–water partition coefficient (Wildman–Crippen LogP) is 3.08. The maximum absolute atomic E-state index is 12.6. The molecule has 1 heterocycles. The van der Waals surface area contributed by atoms with E-state index in [0.717, 1.165) is 19.4 Å². The molecule has 2 N–H and O–H groups in total. The Bertz CT molecular complexity index is 556. The predicted molar refractivity (Wildman–Crippen MR) is 84.3 cm³/mol. The van der Waals surface area contributed by atoms with E-state index >= 15 is 0 Å². The van der Waals surface area contributed by atoms with Crippen molar-refractivity contribution in [2.75, 3.05) is 18.4 Å². The van der Waals surface area contributed by atoms with Crippen molar-refractivity contribution in [3.05, 3.63) is 32.8 Å². The highest BCUT2D eigenvalue weighted by atomic mass is 79.9. The minimum absolute atomic E-state index is 0.104. The zero-order valence-corrected chi connectivity index (χ0v) is 13.4. The van der Waals surface area contributed by atoms with Crippen molar-refractivity contribution in [1.82, 2.24) is 5.32 Å². The molecular weight excluding hydrogens is 338 g/mol. The summed E-state index contributed by atoms with van der Waals surface area (Å²) in [6.07, 6.45) is 2.44. The summed E-state index contributed by atoms with van der Waals surface area (Å²) in [6, 6.07) is 4.63. The van der Waals surface area contributed by atoms with E-state index in [1.165, 1.54) is 6.07 Å². The number of nitrogens with zero attached hydrogens (tertiary/aromatic N) is 1. The van der Waals surface area contributed by atoms with E-state index in [1.54, 1.807) is 12.1 Å². The molecule has 1 saturated heterocycles. The number of halogens is 1. The number of rotatable bonds is 4. The SMILES string of the molecule is CCC1(C(=O)Nc2ccc(Br)cc2[N+](=O)[O-])CCCNC1. The molecule has 2 rings (SSSR count). The summed E-state index contributed by atoms with van der Waals surface area (Å²) in [5.74, 6) is -0.150. The van der Waals surface area contributed by atoms with Crippen molar-refractivity contribution >= 4 is 33.2 Å².